The van der Waals surface area contributed by atoms with Gasteiger partial charge < -0.3 is 21.3 Å². The number of carbonyl (C=O) groups excluding carboxylic acids is 1. The van der Waals surface area contributed by atoms with E-state index in [0.29, 0.717) is 22.9 Å². The maximum atomic E-state index is 13.0. The molecule has 10 heteroatoms. The molecule has 4 N–H and O–H groups in total. The number of thiophene rings is 1. The highest BCUT2D eigenvalue weighted by molar-refractivity contribution is 7.17. The minimum Gasteiger partial charge on any atom is -0.382 e. The van der Waals surface area contributed by atoms with Crippen molar-refractivity contribution < 1.29 is 4.79 Å². The Hall–Kier alpha value is -3.79. The average molecular weight is 518 g/mol. The van der Waals surface area contributed by atoms with Crippen molar-refractivity contribution in [1.29, 1.82) is 0 Å². The number of halogens is 1. The number of hydrogen-bond donors (Lipinski definition) is 3. The fourth-order valence-corrected chi connectivity index (χ4v) is 4.94. The Morgan fingerprint density at radius 2 is 1.92 bits per heavy atom. The molecule has 0 fully saturated rings. The van der Waals surface area contributed by atoms with E-state index in [1.807, 2.05) is 74.1 Å². The van der Waals surface area contributed by atoms with Crippen LogP contribution in [0, 0.1) is 0 Å². The number of hydrogen-bond acceptors (Lipinski definition) is 8. The summed E-state index contributed by atoms with van der Waals surface area (Å²) in [6.07, 6.45) is 0. The molecule has 0 saturated heterocycles. The number of aromatic nitrogens is 3. The van der Waals surface area contributed by atoms with E-state index in [1.54, 1.807) is 0 Å². The third-order valence-corrected chi connectivity index (χ3v) is 6.76. The lowest BCUT2D eigenvalue weighted by molar-refractivity contribution is 0.101. The highest BCUT2D eigenvalue weighted by atomic mass is 35.5. The minimum atomic E-state index is -0.470. The van der Waals surface area contributed by atoms with Gasteiger partial charge in [0.05, 0.1) is 22.5 Å². The van der Waals surface area contributed by atoms with Gasteiger partial charge in [0.2, 0.25) is 5.82 Å². The minimum absolute atomic E-state index is 0.00234. The molecule has 0 atom stereocenters. The van der Waals surface area contributed by atoms with Gasteiger partial charge in [0.25, 0.3) is 5.91 Å². The number of rotatable bonds is 7. The van der Waals surface area contributed by atoms with E-state index in [2.05, 4.69) is 25.5 Å². The molecule has 0 spiro atoms. The number of anilines is 3. The number of nitrogens with one attached hydrogen (secondary N) is 2. The zero-order valence-corrected chi connectivity index (χ0v) is 21.3. The Kier molecular flexibility index (Phi) is 6.69. The van der Waals surface area contributed by atoms with Gasteiger partial charge in [-0.1, -0.05) is 35.9 Å². The molecule has 0 saturated carbocycles. The van der Waals surface area contributed by atoms with Crippen molar-refractivity contribution in [2.24, 2.45) is 0 Å². The lowest BCUT2D eigenvalue weighted by atomic mass is 10.1. The van der Waals surface area contributed by atoms with Crippen LogP contribution in [-0.4, -0.2) is 39.9 Å². The summed E-state index contributed by atoms with van der Waals surface area (Å²) in [5, 5.41) is 10.8. The van der Waals surface area contributed by atoms with Crippen LogP contribution in [0.25, 0.3) is 21.0 Å². The van der Waals surface area contributed by atoms with Crippen molar-refractivity contribution in [2.45, 2.75) is 13.1 Å². The number of nitrogens with two attached hydrogens (primary N) is 1. The summed E-state index contributed by atoms with van der Waals surface area (Å²) in [7, 11) is 4.03. The number of nitrogen functional groups attached to an aromatic ring is 1. The standard InChI is InChI=1S/C26H24ClN7OS/c1-34(2)14-16-11-17(27)7-8-19(16)29-13-21-18-6-4-3-5-15(18)12-22(30-21)32-26(35)25-31-20-9-10-36-23(20)24(28)33-25/h3-12,29H,13-14H2,1-2H3,(H2,28,31,33)(H,30,32,35). The topological polar surface area (TPSA) is 109 Å². The summed E-state index contributed by atoms with van der Waals surface area (Å²) in [5.74, 6) is 0.227. The summed E-state index contributed by atoms with van der Waals surface area (Å²) in [5.41, 5.74) is 9.52. The molecule has 0 bridgehead atoms. The lowest BCUT2D eigenvalue weighted by Gasteiger charge is -2.17. The smallest absolute Gasteiger partial charge is 0.294 e. The van der Waals surface area contributed by atoms with E-state index in [4.69, 9.17) is 22.3 Å². The fourth-order valence-electron chi connectivity index (χ4n) is 4.01. The molecule has 3 aromatic heterocycles. The summed E-state index contributed by atoms with van der Waals surface area (Å²) in [4.78, 5) is 28.3. The summed E-state index contributed by atoms with van der Waals surface area (Å²) in [6, 6.07) is 17.4. The van der Waals surface area contributed by atoms with E-state index in [0.717, 1.165) is 39.0 Å². The quantitative estimate of drug-likeness (QED) is 0.265. The maximum Gasteiger partial charge on any atom is 0.294 e. The van der Waals surface area contributed by atoms with Crippen LogP contribution >= 0.6 is 22.9 Å². The molecule has 0 radical (unpaired) electrons. The van der Waals surface area contributed by atoms with Crippen molar-refractivity contribution in [2.75, 3.05) is 30.5 Å². The molecule has 5 aromatic rings. The highest BCUT2D eigenvalue weighted by Crippen LogP contribution is 2.26. The first-order chi connectivity index (χ1) is 17.4. The van der Waals surface area contributed by atoms with Crippen molar-refractivity contribution >= 4 is 67.2 Å². The van der Waals surface area contributed by atoms with Gasteiger partial charge in [0, 0.05) is 22.6 Å². The monoisotopic (exact) mass is 517 g/mol. The number of benzene rings is 2. The molecule has 0 unspecified atom stereocenters. The predicted octanol–water partition coefficient (Wildman–Crippen LogP) is 5.40. The predicted molar refractivity (Wildman–Crippen MR) is 148 cm³/mol. The molecule has 36 heavy (non-hydrogen) atoms. The first kappa shape index (κ1) is 23.9. The molecule has 5 rings (SSSR count). The molecular weight excluding hydrogens is 494 g/mol. The Morgan fingerprint density at radius 3 is 2.75 bits per heavy atom. The van der Waals surface area contributed by atoms with Crippen LogP contribution in [0.4, 0.5) is 17.3 Å². The van der Waals surface area contributed by atoms with Crippen LogP contribution in [0.3, 0.4) is 0 Å². The van der Waals surface area contributed by atoms with Crippen molar-refractivity contribution in [3.8, 4) is 0 Å². The van der Waals surface area contributed by atoms with Crippen LogP contribution in [0.5, 0.6) is 0 Å². The van der Waals surface area contributed by atoms with Gasteiger partial charge in [-0.05, 0) is 60.8 Å². The Labute approximate surface area is 217 Å². The molecule has 0 aliphatic rings. The van der Waals surface area contributed by atoms with Gasteiger partial charge in [0.1, 0.15) is 11.6 Å². The van der Waals surface area contributed by atoms with Crippen LogP contribution in [0.2, 0.25) is 5.02 Å². The second-order valence-electron chi connectivity index (χ2n) is 8.59. The lowest BCUT2D eigenvalue weighted by Crippen LogP contribution is -2.18. The SMILES string of the molecule is CN(C)Cc1cc(Cl)ccc1NCc1nc(NC(=O)c2nc(N)c3sccc3n2)cc2ccccc12. The number of carbonyl (C=O) groups is 1. The van der Waals surface area contributed by atoms with Crippen LogP contribution in [-0.2, 0) is 13.1 Å². The molecule has 182 valence electrons. The van der Waals surface area contributed by atoms with Gasteiger partial charge in [-0.25, -0.2) is 15.0 Å². The highest BCUT2D eigenvalue weighted by Gasteiger charge is 2.16. The molecule has 3 heterocycles. The van der Waals surface area contributed by atoms with Gasteiger partial charge in [-0.15, -0.1) is 11.3 Å². The first-order valence-electron chi connectivity index (χ1n) is 11.2. The zero-order chi connectivity index (χ0) is 25.2. The number of nitrogens with zero attached hydrogens (tertiary/aromatic N) is 4. The second-order valence-corrected chi connectivity index (χ2v) is 9.94. The molecule has 0 aliphatic heterocycles. The Bertz CT molecular complexity index is 1580. The molecule has 0 aliphatic carbocycles. The Morgan fingerprint density at radius 1 is 1.08 bits per heavy atom. The van der Waals surface area contributed by atoms with E-state index in [-0.39, 0.29) is 11.6 Å². The number of amides is 1. The van der Waals surface area contributed by atoms with Crippen LogP contribution in [0.1, 0.15) is 21.9 Å². The molecule has 2 aromatic carbocycles. The summed E-state index contributed by atoms with van der Waals surface area (Å²) < 4.78 is 0.763. The normalized spacial score (nSPS) is 11.3. The van der Waals surface area contributed by atoms with Gasteiger partial charge >= 0.3 is 0 Å². The summed E-state index contributed by atoms with van der Waals surface area (Å²) >= 11 is 7.67. The van der Waals surface area contributed by atoms with Crippen LogP contribution in [0.15, 0.2) is 60.0 Å². The van der Waals surface area contributed by atoms with E-state index >= 15 is 0 Å². The van der Waals surface area contributed by atoms with Gasteiger partial charge in [0.15, 0.2) is 0 Å². The molecule has 1 amide bonds. The number of pyridine rings is 1. The van der Waals surface area contributed by atoms with Crippen LogP contribution < -0.4 is 16.4 Å². The molecular formula is C26H24ClN7OS. The zero-order valence-electron chi connectivity index (χ0n) is 19.7. The van der Waals surface area contributed by atoms with Gasteiger partial charge in [-0.2, -0.15) is 0 Å². The number of fused-ring (bicyclic) bond motifs is 2. The van der Waals surface area contributed by atoms with Crippen molar-refractivity contribution in [3.63, 3.8) is 0 Å². The maximum absolute atomic E-state index is 13.0. The van der Waals surface area contributed by atoms with Crippen molar-refractivity contribution in [3.05, 3.63) is 82.1 Å². The molecule has 8 nitrogen and oxygen atoms in total. The summed E-state index contributed by atoms with van der Waals surface area (Å²) in [6.45, 7) is 1.20. The average Bonchev–Trinajstić information content (AvgIpc) is 3.32. The van der Waals surface area contributed by atoms with E-state index in [9.17, 15) is 4.79 Å². The first-order valence-corrected chi connectivity index (χ1v) is 12.5. The third-order valence-electron chi connectivity index (χ3n) is 5.59. The second kappa shape index (κ2) is 10.1. The Balaban J connectivity index is 1.43. The fraction of sp³-hybridized carbons (Fsp3) is 0.154. The van der Waals surface area contributed by atoms with Crippen molar-refractivity contribution in [1.82, 2.24) is 19.9 Å². The third kappa shape index (κ3) is 5.08. The van der Waals surface area contributed by atoms with E-state index in [1.165, 1.54) is 11.3 Å². The van der Waals surface area contributed by atoms with E-state index < -0.39 is 5.91 Å². The van der Waals surface area contributed by atoms with Gasteiger partial charge in [-0.3, -0.25) is 4.79 Å². The largest absolute Gasteiger partial charge is 0.382 e.